The maximum Gasteiger partial charge on any atom is 0.118 e. The summed E-state index contributed by atoms with van der Waals surface area (Å²) < 4.78 is 11.5. The van der Waals surface area contributed by atoms with Crippen LogP contribution in [0.1, 0.15) is 38.5 Å². The van der Waals surface area contributed by atoms with Gasteiger partial charge < -0.3 is 9.47 Å². The normalized spacial score (nSPS) is 25.8. The van der Waals surface area contributed by atoms with Crippen LogP contribution >= 0.6 is 21.6 Å². The van der Waals surface area contributed by atoms with Crippen molar-refractivity contribution in [3.05, 3.63) is 29.8 Å². The summed E-state index contributed by atoms with van der Waals surface area (Å²) in [5.41, 5.74) is 1.31. The largest absolute Gasteiger partial charge is 0.497 e. The van der Waals surface area contributed by atoms with Crippen molar-refractivity contribution >= 4 is 21.6 Å². The first-order valence-corrected chi connectivity index (χ1v) is 8.79. The minimum absolute atomic E-state index is 0.138. The Hall–Kier alpha value is -0.320. The summed E-state index contributed by atoms with van der Waals surface area (Å²) in [6.45, 7) is 8.74. The minimum Gasteiger partial charge on any atom is -0.497 e. The van der Waals surface area contributed by atoms with E-state index in [1.807, 2.05) is 33.7 Å². The fraction of sp³-hybridized carbons (Fsp3) is 0.600. The van der Waals surface area contributed by atoms with E-state index in [-0.39, 0.29) is 17.0 Å². The van der Waals surface area contributed by atoms with Crippen LogP contribution in [0, 0.1) is 0 Å². The quantitative estimate of drug-likeness (QED) is 0.749. The lowest BCUT2D eigenvalue weighted by Crippen LogP contribution is -2.36. The summed E-state index contributed by atoms with van der Waals surface area (Å²) in [5.74, 6) is 0.903. The molecule has 1 saturated heterocycles. The second-order valence-corrected chi connectivity index (χ2v) is 8.58. The monoisotopic (exact) mass is 298 g/mol. The topological polar surface area (TPSA) is 18.5 Å². The van der Waals surface area contributed by atoms with Crippen molar-refractivity contribution in [3.63, 3.8) is 0 Å². The summed E-state index contributed by atoms with van der Waals surface area (Å²) in [6.07, 6.45) is 0.486. The van der Waals surface area contributed by atoms with Gasteiger partial charge in [0.15, 0.2) is 0 Å². The molecule has 1 aliphatic heterocycles. The van der Waals surface area contributed by atoms with Crippen LogP contribution in [0.5, 0.6) is 5.75 Å². The van der Waals surface area contributed by atoms with Crippen molar-refractivity contribution in [2.45, 2.75) is 49.9 Å². The maximum absolute atomic E-state index is 6.18. The third kappa shape index (κ3) is 3.41. The highest BCUT2D eigenvalue weighted by molar-refractivity contribution is 8.77. The Bertz CT molecular complexity index is 415. The average Bonchev–Trinajstić information content (AvgIpc) is 2.65. The highest BCUT2D eigenvalue weighted by atomic mass is 33.1. The molecule has 0 spiro atoms. The second-order valence-electron chi connectivity index (χ2n) is 5.58. The van der Waals surface area contributed by atoms with Crippen molar-refractivity contribution < 1.29 is 9.47 Å². The number of hydrogen-bond donors (Lipinski definition) is 0. The van der Waals surface area contributed by atoms with E-state index in [9.17, 15) is 0 Å². The first kappa shape index (κ1) is 15.1. The molecule has 2 rings (SSSR count). The van der Waals surface area contributed by atoms with E-state index in [1.54, 1.807) is 7.11 Å². The molecule has 2 atom stereocenters. The van der Waals surface area contributed by atoms with Gasteiger partial charge in [0.05, 0.1) is 24.6 Å². The predicted molar refractivity (Wildman–Crippen MR) is 85.0 cm³/mol. The van der Waals surface area contributed by atoms with Crippen LogP contribution in [0.25, 0.3) is 0 Å². The molecule has 1 fully saturated rings. The molecule has 1 aromatic rings. The number of methoxy groups -OCH3 is 1. The molecule has 0 N–H and O–H groups in total. The van der Waals surface area contributed by atoms with Gasteiger partial charge in [-0.05, 0) is 45.4 Å². The molecule has 0 bridgehead atoms. The van der Waals surface area contributed by atoms with E-state index in [4.69, 9.17) is 9.47 Å². The van der Waals surface area contributed by atoms with Gasteiger partial charge in [-0.3, -0.25) is 0 Å². The Labute approximate surface area is 124 Å². The van der Waals surface area contributed by atoms with Crippen molar-refractivity contribution in [2.24, 2.45) is 0 Å². The van der Waals surface area contributed by atoms with Crippen LogP contribution in [0.2, 0.25) is 0 Å². The van der Waals surface area contributed by atoms with Gasteiger partial charge in [0.25, 0.3) is 0 Å². The van der Waals surface area contributed by atoms with E-state index < -0.39 is 0 Å². The van der Waals surface area contributed by atoms with Crippen LogP contribution in [0.15, 0.2) is 24.3 Å². The second kappa shape index (κ2) is 5.98. The van der Waals surface area contributed by atoms with E-state index in [0.29, 0.717) is 5.25 Å². The number of benzene rings is 1. The Kier molecular flexibility index (Phi) is 4.75. The molecule has 4 heteroatoms. The van der Waals surface area contributed by atoms with Gasteiger partial charge in [-0.25, -0.2) is 0 Å². The predicted octanol–water partition coefficient (Wildman–Crippen LogP) is 4.70. The van der Waals surface area contributed by atoms with Gasteiger partial charge in [-0.2, -0.15) is 0 Å². The fourth-order valence-electron chi connectivity index (χ4n) is 2.19. The molecule has 0 saturated carbocycles. The van der Waals surface area contributed by atoms with Gasteiger partial charge >= 0.3 is 0 Å². The van der Waals surface area contributed by atoms with E-state index in [2.05, 4.69) is 39.8 Å². The third-order valence-corrected chi connectivity index (χ3v) is 6.87. The average molecular weight is 298 g/mol. The molecule has 1 aliphatic rings. The lowest BCUT2D eigenvalue weighted by Gasteiger charge is -2.30. The molecule has 2 nitrogen and oxygen atoms in total. The maximum atomic E-state index is 6.18. The molecule has 0 aliphatic carbocycles. The smallest absolute Gasteiger partial charge is 0.118 e. The van der Waals surface area contributed by atoms with E-state index in [0.717, 1.165) is 5.75 Å². The van der Waals surface area contributed by atoms with Gasteiger partial charge in [-0.1, -0.05) is 33.7 Å². The van der Waals surface area contributed by atoms with Gasteiger partial charge in [0, 0.05) is 4.75 Å². The zero-order valence-electron chi connectivity index (χ0n) is 12.2. The van der Waals surface area contributed by atoms with E-state index in [1.165, 1.54) is 5.56 Å². The molecule has 0 aromatic heterocycles. The minimum atomic E-state index is 0.138. The Balaban J connectivity index is 2.21. The highest BCUT2D eigenvalue weighted by Gasteiger charge is 2.45. The summed E-state index contributed by atoms with van der Waals surface area (Å²) >= 11 is 0. The standard InChI is InChI=1S/C15H22O2S2/c1-10(2)17-14-13(18-19-15(14,3)4)11-6-8-12(16-5)9-7-11/h6-10,13-14H,1-5H3/t13-,14-/m0/s1. The lowest BCUT2D eigenvalue weighted by molar-refractivity contribution is -0.00757. The Morgan fingerprint density at radius 1 is 1.16 bits per heavy atom. The van der Waals surface area contributed by atoms with E-state index >= 15 is 0 Å². The highest BCUT2D eigenvalue weighted by Crippen LogP contribution is 2.59. The zero-order chi connectivity index (χ0) is 14.0. The molecular formula is C15H22O2S2. The number of rotatable bonds is 4. The zero-order valence-corrected chi connectivity index (χ0v) is 13.8. The van der Waals surface area contributed by atoms with Gasteiger partial charge in [-0.15, -0.1) is 0 Å². The molecule has 1 heterocycles. The summed E-state index contributed by atoms with van der Waals surface area (Å²) in [5, 5.41) is 0.383. The lowest BCUT2D eigenvalue weighted by atomic mass is 9.97. The molecule has 106 valence electrons. The summed E-state index contributed by atoms with van der Waals surface area (Å²) in [6, 6.07) is 8.35. The Morgan fingerprint density at radius 2 is 1.79 bits per heavy atom. The number of hydrogen-bond acceptors (Lipinski definition) is 4. The fourth-order valence-corrected chi connectivity index (χ4v) is 5.66. The molecule has 0 amide bonds. The molecule has 0 unspecified atom stereocenters. The van der Waals surface area contributed by atoms with Crippen LogP contribution in [-0.4, -0.2) is 24.1 Å². The third-order valence-electron chi connectivity index (χ3n) is 3.19. The van der Waals surface area contributed by atoms with Gasteiger partial charge in [0.2, 0.25) is 0 Å². The molecule has 19 heavy (non-hydrogen) atoms. The first-order valence-electron chi connectivity index (χ1n) is 6.58. The molecule has 1 aromatic carbocycles. The van der Waals surface area contributed by atoms with Crippen molar-refractivity contribution in [1.29, 1.82) is 0 Å². The number of ether oxygens (including phenoxy) is 2. The summed E-state index contributed by atoms with van der Waals surface area (Å²) in [7, 11) is 5.54. The van der Waals surface area contributed by atoms with Crippen molar-refractivity contribution in [1.82, 2.24) is 0 Å². The van der Waals surface area contributed by atoms with Crippen molar-refractivity contribution in [3.8, 4) is 5.75 Å². The van der Waals surface area contributed by atoms with Crippen LogP contribution in [0.4, 0.5) is 0 Å². The van der Waals surface area contributed by atoms with Crippen LogP contribution in [-0.2, 0) is 4.74 Å². The SMILES string of the molecule is COc1ccc([C@@H]2SSC(C)(C)[C@H]2OC(C)C)cc1. The summed E-state index contributed by atoms with van der Waals surface area (Å²) in [4.78, 5) is 0. The molecule has 0 radical (unpaired) electrons. The van der Waals surface area contributed by atoms with Crippen LogP contribution in [0.3, 0.4) is 0 Å². The first-order chi connectivity index (χ1) is 8.94. The van der Waals surface area contributed by atoms with Crippen molar-refractivity contribution in [2.75, 3.05) is 7.11 Å². The Morgan fingerprint density at radius 3 is 2.32 bits per heavy atom. The molecular weight excluding hydrogens is 276 g/mol. The van der Waals surface area contributed by atoms with Gasteiger partial charge in [0.1, 0.15) is 5.75 Å². The van der Waals surface area contributed by atoms with Crippen LogP contribution < -0.4 is 4.74 Å².